The Kier molecular flexibility index (Phi) is 3.93. The lowest BCUT2D eigenvalue weighted by atomic mass is 10.1. The van der Waals surface area contributed by atoms with Crippen molar-refractivity contribution in [2.75, 3.05) is 24.2 Å². The molecule has 8 heteroatoms. The first kappa shape index (κ1) is 16.2. The minimum Gasteiger partial charge on any atom is -0.497 e. The predicted molar refractivity (Wildman–Crippen MR) is 115 cm³/mol. The molecule has 30 heavy (non-hydrogen) atoms. The molecule has 2 N–H and O–H groups in total. The van der Waals surface area contributed by atoms with Crippen LogP contribution in [0.5, 0.6) is 5.75 Å². The zero-order chi connectivity index (χ0) is 22.5. The predicted octanol–water partition coefficient (Wildman–Crippen LogP) is 4.23. The molecular formula is C22H21N5O3. The number of oxazole rings is 1. The lowest BCUT2D eigenvalue weighted by Crippen LogP contribution is -2.14. The van der Waals surface area contributed by atoms with Crippen molar-refractivity contribution in [2.24, 2.45) is 5.92 Å². The highest BCUT2D eigenvalue weighted by atomic mass is 16.5. The lowest BCUT2D eigenvalue weighted by molar-refractivity contribution is -0.117. The van der Waals surface area contributed by atoms with Gasteiger partial charge in [0.1, 0.15) is 22.9 Å². The summed E-state index contributed by atoms with van der Waals surface area (Å²) >= 11 is 0. The molecule has 0 saturated heterocycles. The van der Waals surface area contributed by atoms with E-state index in [1.54, 1.807) is 43.8 Å². The van der Waals surface area contributed by atoms with E-state index in [-0.39, 0.29) is 11.8 Å². The van der Waals surface area contributed by atoms with E-state index in [4.69, 9.17) is 11.9 Å². The molecule has 1 saturated carbocycles. The molecule has 5 rings (SSSR count). The van der Waals surface area contributed by atoms with Crippen LogP contribution in [0.25, 0.3) is 33.3 Å². The number of methoxy groups -OCH3 is 1. The zero-order valence-corrected chi connectivity index (χ0v) is 16.5. The number of hydrogen-bond acceptors (Lipinski definition) is 7. The van der Waals surface area contributed by atoms with Gasteiger partial charge in [-0.05, 0) is 38.0 Å². The summed E-state index contributed by atoms with van der Waals surface area (Å²) in [7, 11) is 1.59. The standard InChI is InChI=1S/C22H21N5O3/c1-3-23-20-15-10-24-19(27-21(28)12-4-5-12)9-14(15)16(11-25-20)22-26-17-8-13(29-2)6-7-18(17)30-22/h6-12H,3-5H2,1-2H3,(H,23,25)(H,24,27,28)/i3D2. The Balaban J connectivity index is 1.64. The summed E-state index contributed by atoms with van der Waals surface area (Å²) in [6.45, 7) is -0.283. The highest BCUT2D eigenvalue weighted by Crippen LogP contribution is 2.35. The van der Waals surface area contributed by atoms with Gasteiger partial charge in [0, 0.05) is 44.4 Å². The van der Waals surface area contributed by atoms with Crippen LogP contribution in [-0.4, -0.2) is 34.5 Å². The van der Waals surface area contributed by atoms with Crippen LogP contribution < -0.4 is 15.4 Å². The van der Waals surface area contributed by atoms with Gasteiger partial charge in [-0.2, -0.15) is 0 Å². The lowest BCUT2D eigenvalue weighted by Gasteiger charge is -2.11. The molecule has 4 aromatic rings. The molecule has 0 aliphatic heterocycles. The molecule has 1 amide bonds. The first-order chi connectivity index (χ1) is 15.3. The van der Waals surface area contributed by atoms with Gasteiger partial charge in [-0.25, -0.2) is 15.0 Å². The minimum absolute atomic E-state index is 0.0426. The number of pyridine rings is 2. The largest absolute Gasteiger partial charge is 0.497 e. The SMILES string of the molecule is [2H]C([2H])(C)Nc1ncc(-c2nc3cc(OC)ccc3o2)c2cc(NC(=O)C3CC3)ncc12. The molecule has 8 nitrogen and oxygen atoms in total. The molecule has 152 valence electrons. The van der Waals surface area contributed by atoms with Gasteiger partial charge in [-0.3, -0.25) is 4.79 Å². The Morgan fingerprint density at radius 3 is 2.90 bits per heavy atom. The van der Waals surface area contributed by atoms with E-state index in [1.165, 1.54) is 6.92 Å². The Morgan fingerprint density at radius 2 is 2.13 bits per heavy atom. The van der Waals surface area contributed by atoms with Gasteiger partial charge in [0.15, 0.2) is 5.58 Å². The van der Waals surface area contributed by atoms with Crippen molar-refractivity contribution in [1.82, 2.24) is 15.0 Å². The van der Waals surface area contributed by atoms with Crippen molar-refractivity contribution >= 4 is 39.4 Å². The number of carbonyl (C=O) groups is 1. The normalized spacial score (nSPS) is 15.0. The van der Waals surface area contributed by atoms with Crippen molar-refractivity contribution in [3.63, 3.8) is 0 Å². The van der Waals surface area contributed by atoms with Crippen molar-refractivity contribution in [2.45, 2.75) is 19.8 Å². The van der Waals surface area contributed by atoms with Gasteiger partial charge in [-0.1, -0.05) is 0 Å². The maximum Gasteiger partial charge on any atom is 0.229 e. The Bertz CT molecular complexity index is 1340. The zero-order valence-electron chi connectivity index (χ0n) is 18.5. The molecule has 0 spiro atoms. The molecule has 1 fully saturated rings. The summed E-state index contributed by atoms with van der Waals surface area (Å²) in [5.74, 6) is 1.75. The van der Waals surface area contributed by atoms with Crippen molar-refractivity contribution in [3.8, 4) is 17.2 Å². The van der Waals surface area contributed by atoms with Crippen LogP contribution in [0, 0.1) is 5.92 Å². The van der Waals surface area contributed by atoms with E-state index < -0.39 is 6.50 Å². The molecule has 0 radical (unpaired) electrons. The molecule has 0 unspecified atom stereocenters. The van der Waals surface area contributed by atoms with E-state index in [1.807, 2.05) is 0 Å². The van der Waals surface area contributed by atoms with E-state index in [0.717, 1.165) is 12.8 Å². The Labute approximate surface area is 175 Å². The number of ether oxygens (including phenoxy) is 1. The van der Waals surface area contributed by atoms with E-state index in [2.05, 4.69) is 25.6 Å². The monoisotopic (exact) mass is 405 g/mol. The van der Waals surface area contributed by atoms with Crippen LogP contribution in [0.15, 0.2) is 41.1 Å². The molecule has 3 heterocycles. The Morgan fingerprint density at radius 1 is 1.27 bits per heavy atom. The van der Waals surface area contributed by atoms with Crippen LogP contribution in [0.4, 0.5) is 11.6 Å². The number of fused-ring (bicyclic) bond motifs is 2. The number of nitrogens with zero attached hydrogens (tertiary/aromatic N) is 3. The molecule has 1 aliphatic rings. The number of aromatic nitrogens is 3. The van der Waals surface area contributed by atoms with Crippen LogP contribution in [0.1, 0.15) is 22.5 Å². The van der Waals surface area contributed by atoms with Gasteiger partial charge in [0.05, 0.1) is 12.7 Å². The van der Waals surface area contributed by atoms with Crippen LogP contribution >= 0.6 is 0 Å². The summed E-state index contributed by atoms with van der Waals surface area (Å²) in [6.07, 6.45) is 4.92. The van der Waals surface area contributed by atoms with Gasteiger partial charge >= 0.3 is 0 Å². The first-order valence-corrected chi connectivity index (χ1v) is 9.63. The quantitative estimate of drug-likeness (QED) is 0.495. The van der Waals surface area contributed by atoms with Crippen LogP contribution in [-0.2, 0) is 4.79 Å². The summed E-state index contributed by atoms with van der Waals surface area (Å²) in [6, 6.07) is 7.09. The second-order valence-corrected chi connectivity index (χ2v) is 7.13. The molecular weight excluding hydrogens is 382 g/mol. The minimum atomic E-state index is -1.69. The third kappa shape index (κ3) is 3.30. The molecule has 0 bridgehead atoms. The molecule has 3 aromatic heterocycles. The van der Waals surface area contributed by atoms with Crippen molar-refractivity contribution in [3.05, 3.63) is 36.7 Å². The fraction of sp³-hybridized carbons (Fsp3) is 0.273. The van der Waals surface area contributed by atoms with Crippen molar-refractivity contribution < 1.29 is 16.7 Å². The topological polar surface area (TPSA) is 102 Å². The highest BCUT2D eigenvalue weighted by molar-refractivity contribution is 6.03. The average Bonchev–Trinajstić information content (AvgIpc) is 3.52. The van der Waals surface area contributed by atoms with E-state index >= 15 is 0 Å². The smallest absolute Gasteiger partial charge is 0.229 e. The number of benzene rings is 1. The summed E-state index contributed by atoms with van der Waals surface area (Å²) in [5, 5.41) is 6.87. The third-order valence-electron chi connectivity index (χ3n) is 5.04. The highest BCUT2D eigenvalue weighted by Gasteiger charge is 2.30. The number of anilines is 2. The average molecular weight is 405 g/mol. The first-order valence-electron chi connectivity index (χ1n) is 10.6. The third-order valence-corrected chi connectivity index (χ3v) is 5.04. The van der Waals surface area contributed by atoms with Gasteiger partial charge < -0.3 is 19.8 Å². The van der Waals surface area contributed by atoms with Gasteiger partial charge in [-0.15, -0.1) is 0 Å². The van der Waals surface area contributed by atoms with Gasteiger partial charge in [0.25, 0.3) is 0 Å². The van der Waals surface area contributed by atoms with Crippen LogP contribution in [0.2, 0.25) is 0 Å². The maximum atomic E-state index is 12.2. The van der Waals surface area contributed by atoms with E-state index in [0.29, 0.717) is 50.7 Å². The number of hydrogen-bond donors (Lipinski definition) is 2. The fourth-order valence-electron chi connectivity index (χ4n) is 3.32. The summed E-state index contributed by atoms with van der Waals surface area (Å²) in [5.41, 5.74) is 1.83. The van der Waals surface area contributed by atoms with E-state index in [9.17, 15) is 4.79 Å². The number of carbonyl (C=O) groups excluding carboxylic acids is 1. The van der Waals surface area contributed by atoms with Crippen molar-refractivity contribution in [1.29, 1.82) is 0 Å². The molecule has 0 atom stereocenters. The second-order valence-electron chi connectivity index (χ2n) is 7.13. The molecule has 1 aromatic carbocycles. The second kappa shape index (κ2) is 7.29. The maximum absolute atomic E-state index is 12.2. The number of nitrogens with one attached hydrogen (secondary N) is 2. The Hall–Kier alpha value is -3.68. The number of amides is 1. The number of rotatable bonds is 6. The summed E-state index contributed by atoms with van der Waals surface area (Å²) < 4.78 is 26.9. The molecule has 1 aliphatic carbocycles. The van der Waals surface area contributed by atoms with Crippen LogP contribution in [0.3, 0.4) is 0 Å². The fourth-order valence-corrected chi connectivity index (χ4v) is 3.32. The summed E-state index contributed by atoms with van der Waals surface area (Å²) in [4.78, 5) is 25.6. The van der Waals surface area contributed by atoms with Gasteiger partial charge in [0.2, 0.25) is 11.8 Å².